The zero-order chi connectivity index (χ0) is 9.97. The smallest absolute Gasteiger partial charge is 0.0941 e. The van der Waals surface area contributed by atoms with Crippen LogP contribution in [0.15, 0.2) is 24.3 Å². The summed E-state index contributed by atoms with van der Waals surface area (Å²) in [6, 6.07) is 8.44. The monoisotopic (exact) mass is 193 g/mol. The third-order valence-corrected chi connectivity index (χ3v) is 3.04. The molecule has 2 atom stereocenters. The number of alkyl halides is 1. The van der Waals surface area contributed by atoms with Gasteiger partial charge in [-0.2, -0.15) is 0 Å². The van der Waals surface area contributed by atoms with Gasteiger partial charge >= 0.3 is 0 Å². The summed E-state index contributed by atoms with van der Waals surface area (Å²) in [5, 5.41) is 3.25. The summed E-state index contributed by atoms with van der Waals surface area (Å²) in [4.78, 5) is 0. The number of hydrogen-bond donors (Lipinski definition) is 1. The highest BCUT2D eigenvalue weighted by atomic mass is 19.1. The van der Waals surface area contributed by atoms with Gasteiger partial charge in [-0.1, -0.05) is 29.8 Å². The standard InChI is InChI=1S/C12H16FN/c1-9-2-4-10(5-3-9)12-8-14-7-11(12)6-13/h2-5,11-12,14H,6-8H2,1H3/t11-,12+/m1/s1. The first kappa shape index (κ1) is 9.66. The Hall–Kier alpha value is -0.890. The molecule has 1 aliphatic rings. The van der Waals surface area contributed by atoms with E-state index in [4.69, 9.17) is 0 Å². The fraction of sp³-hybridized carbons (Fsp3) is 0.500. The summed E-state index contributed by atoms with van der Waals surface area (Å²) in [5.74, 6) is 0.526. The fourth-order valence-electron chi connectivity index (χ4n) is 2.10. The molecule has 1 N–H and O–H groups in total. The van der Waals surface area contributed by atoms with E-state index in [1.165, 1.54) is 11.1 Å². The summed E-state index contributed by atoms with van der Waals surface area (Å²) in [6.07, 6.45) is 0. The van der Waals surface area contributed by atoms with E-state index in [2.05, 4.69) is 36.5 Å². The van der Waals surface area contributed by atoms with Gasteiger partial charge in [-0.05, 0) is 12.5 Å². The quantitative estimate of drug-likeness (QED) is 0.759. The lowest BCUT2D eigenvalue weighted by molar-refractivity contribution is 0.358. The lowest BCUT2D eigenvalue weighted by atomic mass is 9.89. The molecule has 0 aliphatic carbocycles. The highest BCUT2D eigenvalue weighted by molar-refractivity contribution is 5.26. The van der Waals surface area contributed by atoms with Crippen LogP contribution in [0.5, 0.6) is 0 Å². The van der Waals surface area contributed by atoms with Crippen molar-refractivity contribution in [2.75, 3.05) is 19.8 Å². The summed E-state index contributed by atoms with van der Waals surface area (Å²) >= 11 is 0. The molecule has 0 unspecified atom stereocenters. The molecule has 1 fully saturated rings. The molecule has 1 saturated heterocycles. The maximum atomic E-state index is 12.7. The molecule has 0 bridgehead atoms. The second-order valence-corrected chi connectivity index (χ2v) is 4.09. The van der Waals surface area contributed by atoms with Gasteiger partial charge in [0.15, 0.2) is 0 Å². The molecule has 0 saturated carbocycles. The number of halogens is 1. The Morgan fingerprint density at radius 3 is 2.64 bits per heavy atom. The number of benzene rings is 1. The van der Waals surface area contributed by atoms with E-state index in [1.807, 2.05) is 0 Å². The van der Waals surface area contributed by atoms with Gasteiger partial charge < -0.3 is 5.32 Å². The van der Waals surface area contributed by atoms with E-state index < -0.39 is 0 Å². The van der Waals surface area contributed by atoms with E-state index in [1.54, 1.807) is 0 Å². The second kappa shape index (κ2) is 4.09. The van der Waals surface area contributed by atoms with Gasteiger partial charge in [0, 0.05) is 24.9 Å². The van der Waals surface area contributed by atoms with E-state index in [0.29, 0.717) is 5.92 Å². The van der Waals surface area contributed by atoms with E-state index in [9.17, 15) is 4.39 Å². The molecular formula is C12H16FN. The van der Waals surface area contributed by atoms with Gasteiger partial charge in [0.25, 0.3) is 0 Å². The first-order valence-corrected chi connectivity index (χ1v) is 5.14. The molecule has 0 radical (unpaired) electrons. The minimum absolute atomic E-state index is 0.165. The Kier molecular flexibility index (Phi) is 2.82. The summed E-state index contributed by atoms with van der Waals surface area (Å²) in [6.45, 7) is 3.58. The zero-order valence-corrected chi connectivity index (χ0v) is 8.46. The van der Waals surface area contributed by atoms with Crippen molar-refractivity contribution in [1.29, 1.82) is 0 Å². The van der Waals surface area contributed by atoms with Crippen molar-refractivity contribution in [3.05, 3.63) is 35.4 Å². The number of hydrogen-bond acceptors (Lipinski definition) is 1. The minimum Gasteiger partial charge on any atom is -0.316 e. The van der Waals surface area contributed by atoms with Crippen LogP contribution >= 0.6 is 0 Å². The van der Waals surface area contributed by atoms with Gasteiger partial charge in [-0.3, -0.25) is 4.39 Å². The van der Waals surface area contributed by atoms with Crippen LogP contribution in [0.4, 0.5) is 4.39 Å². The molecule has 1 heterocycles. The van der Waals surface area contributed by atoms with Crippen molar-refractivity contribution in [3.63, 3.8) is 0 Å². The van der Waals surface area contributed by atoms with Gasteiger partial charge in [0.1, 0.15) is 0 Å². The molecule has 14 heavy (non-hydrogen) atoms. The number of nitrogens with one attached hydrogen (secondary N) is 1. The average Bonchev–Trinajstić information content (AvgIpc) is 2.67. The van der Waals surface area contributed by atoms with Gasteiger partial charge in [0.05, 0.1) is 6.67 Å². The van der Waals surface area contributed by atoms with Crippen LogP contribution in [0.2, 0.25) is 0 Å². The number of rotatable bonds is 2. The van der Waals surface area contributed by atoms with Crippen LogP contribution in [0.25, 0.3) is 0 Å². The van der Waals surface area contributed by atoms with Crippen molar-refractivity contribution < 1.29 is 4.39 Å². The van der Waals surface area contributed by atoms with E-state index in [0.717, 1.165) is 13.1 Å². The van der Waals surface area contributed by atoms with Crippen molar-refractivity contribution in [2.45, 2.75) is 12.8 Å². The highest BCUT2D eigenvalue weighted by Crippen LogP contribution is 2.28. The summed E-state index contributed by atoms with van der Waals surface area (Å²) in [5.41, 5.74) is 2.53. The molecule has 1 aromatic carbocycles. The Balaban J connectivity index is 2.17. The lowest BCUT2D eigenvalue weighted by Gasteiger charge is -2.15. The van der Waals surface area contributed by atoms with Crippen LogP contribution in [0.3, 0.4) is 0 Å². The fourth-order valence-corrected chi connectivity index (χ4v) is 2.10. The molecule has 1 aromatic rings. The molecule has 0 aromatic heterocycles. The van der Waals surface area contributed by atoms with Crippen LogP contribution < -0.4 is 5.32 Å². The van der Waals surface area contributed by atoms with Crippen molar-refractivity contribution in [2.24, 2.45) is 5.92 Å². The van der Waals surface area contributed by atoms with Gasteiger partial charge in [-0.15, -0.1) is 0 Å². The normalized spacial score (nSPS) is 26.7. The highest BCUT2D eigenvalue weighted by Gasteiger charge is 2.27. The third-order valence-electron chi connectivity index (χ3n) is 3.04. The molecule has 2 heteroatoms. The van der Waals surface area contributed by atoms with Crippen LogP contribution in [-0.2, 0) is 0 Å². The average molecular weight is 193 g/mol. The summed E-state index contributed by atoms with van der Waals surface area (Å²) < 4.78 is 12.7. The second-order valence-electron chi connectivity index (χ2n) is 4.09. The van der Waals surface area contributed by atoms with Crippen molar-refractivity contribution in [1.82, 2.24) is 5.32 Å². The SMILES string of the molecule is Cc1ccc([C@@H]2CNC[C@H]2CF)cc1. The summed E-state index contributed by atoms with van der Waals surface area (Å²) in [7, 11) is 0. The topological polar surface area (TPSA) is 12.0 Å². The van der Waals surface area contributed by atoms with Gasteiger partial charge in [-0.25, -0.2) is 0 Å². The number of aryl methyl sites for hydroxylation is 1. The molecule has 0 spiro atoms. The maximum absolute atomic E-state index is 12.7. The maximum Gasteiger partial charge on any atom is 0.0941 e. The first-order valence-electron chi connectivity index (χ1n) is 5.14. The Bertz CT molecular complexity index is 294. The third kappa shape index (κ3) is 1.80. The molecule has 0 amide bonds. The largest absolute Gasteiger partial charge is 0.316 e. The molecule has 76 valence electrons. The van der Waals surface area contributed by atoms with Crippen LogP contribution in [-0.4, -0.2) is 19.8 Å². The zero-order valence-electron chi connectivity index (χ0n) is 8.46. The van der Waals surface area contributed by atoms with Crippen molar-refractivity contribution >= 4 is 0 Å². The van der Waals surface area contributed by atoms with Crippen LogP contribution in [0.1, 0.15) is 17.0 Å². The first-order chi connectivity index (χ1) is 6.81. The lowest BCUT2D eigenvalue weighted by Crippen LogP contribution is -2.12. The molecule has 1 nitrogen and oxygen atoms in total. The van der Waals surface area contributed by atoms with Gasteiger partial charge in [0.2, 0.25) is 0 Å². The Labute approximate surface area is 84.3 Å². The Morgan fingerprint density at radius 1 is 1.29 bits per heavy atom. The van der Waals surface area contributed by atoms with E-state index >= 15 is 0 Å². The predicted molar refractivity (Wildman–Crippen MR) is 56.3 cm³/mol. The molecule has 2 rings (SSSR count). The van der Waals surface area contributed by atoms with Crippen molar-refractivity contribution in [3.8, 4) is 0 Å². The van der Waals surface area contributed by atoms with Crippen LogP contribution in [0, 0.1) is 12.8 Å². The molecule has 1 aliphatic heterocycles. The van der Waals surface area contributed by atoms with E-state index in [-0.39, 0.29) is 12.6 Å². The minimum atomic E-state index is -0.217. The Morgan fingerprint density at radius 2 is 2.00 bits per heavy atom. The predicted octanol–water partition coefficient (Wildman–Crippen LogP) is 2.27. The molecular weight excluding hydrogens is 177 g/mol.